The summed E-state index contributed by atoms with van der Waals surface area (Å²) in [4.78, 5) is 13.1. The molecule has 1 N–H and O–H groups in total. The van der Waals surface area contributed by atoms with E-state index in [1.54, 1.807) is 54.3 Å². The summed E-state index contributed by atoms with van der Waals surface area (Å²) in [5, 5.41) is 3.48. The van der Waals surface area contributed by atoms with Crippen LogP contribution in [0.5, 0.6) is 5.75 Å². The average molecular weight is 449 g/mol. The maximum absolute atomic E-state index is 13.3. The number of carbonyl (C=O) groups is 1. The van der Waals surface area contributed by atoms with E-state index in [0.29, 0.717) is 17.4 Å². The van der Waals surface area contributed by atoms with Crippen molar-refractivity contribution >= 4 is 26.6 Å². The SMILES string of the molecule is COc1cccc(CNC(=O)Cn2cc(S(=O)(=O)c3ccc(C)cc3)c3ccccc32)c1. The summed E-state index contributed by atoms with van der Waals surface area (Å²) < 4.78 is 33.5. The van der Waals surface area contributed by atoms with Gasteiger partial charge in [-0.05, 0) is 42.8 Å². The number of nitrogens with zero attached hydrogens (tertiary/aromatic N) is 1. The van der Waals surface area contributed by atoms with Gasteiger partial charge in [-0.15, -0.1) is 0 Å². The number of amides is 1. The van der Waals surface area contributed by atoms with Gasteiger partial charge in [-0.25, -0.2) is 8.42 Å². The molecule has 7 heteroatoms. The molecular weight excluding hydrogens is 424 g/mol. The Morgan fingerprint density at radius 3 is 2.50 bits per heavy atom. The minimum Gasteiger partial charge on any atom is -0.497 e. The fourth-order valence-corrected chi connectivity index (χ4v) is 5.07. The number of rotatable bonds is 7. The fourth-order valence-electron chi connectivity index (χ4n) is 3.60. The Bertz CT molecular complexity index is 1370. The maximum atomic E-state index is 13.3. The molecular formula is C25H24N2O4S. The first-order valence-electron chi connectivity index (χ1n) is 10.2. The van der Waals surface area contributed by atoms with Crippen LogP contribution in [0.25, 0.3) is 10.9 Å². The van der Waals surface area contributed by atoms with Crippen LogP contribution in [0.15, 0.2) is 88.8 Å². The quantitative estimate of drug-likeness (QED) is 0.462. The third kappa shape index (κ3) is 4.38. The van der Waals surface area contributed by atoms with Crippen molar-refractivity contribution < 1.29 is 17.9 Å². The summed E-state index contributed by atoms with van der Waals surface area (Å²) in [6.45, 7) is 2.27. The van der Waals surface area contributed by atoms with E-state index < -0.39 is 9.84 Å². The Balaban J connectivity index is 1.60. The molecule has 164 valence electrons. The molecule has 4 rings (SSSR count). The first-order valence-corrected chi connectivity index (χ1v) is 11.7. The van der Waals surface area contributed by atoms with E-state index in [1.165, 1.54) is 0 Å². The van der Waals surface area contributed by atoms with E-state index in [-0.39, 0.29) is 22.2 Å². The number of benzene rings is 3. The Morgan fingerprint density at radius 2 is 1.75 bits per heavy atom. The van der Waals surface area contributed by atoms with Gasteiger partial charge in [0.25, 0.3) is 0 Å². The van der Waals surface area contributed by atoms with Crippen LogP contribution in [0.1, 0.15) is 11.1 Å². The first-order chi connectivity index (χ1) is 15.4. The summed E-state index contributed by atoms with van der Waals surface area (Å²) in [5.74, 6) is 0.506. The number of hydrogen-bond donors (Lipinski definition) is 1. The maximum Gasteiger partial charge on any atom is 0.240 e. The van der Waals surface area contributed by atoms with Crippen molar-refractivity contribution in [2.75, 3.05) is 7.11 Å². The van der Waals surface area contributed by atoms with Crippen LogP contribution in [0.3, 0.4) is 0 Å². The van der Waals surface area contributed by atoms with Crippen LogP contribution >= 0.6 is 0 Å². The molecule has 0 fully saturated rings. The van der Waals surface area contributed by atoms with E-state index in [4.69, 9.17) is 4.74 Å². The summed E-state index contributed by atoms with van der Waals surface area (Å²) in [5.41, 5.74) is 2.59. The van der Waals surface area contributed by atoms with Crippen molar-refractivity contribution in [3.05, 3.63) is 90.1 Å². The summed E-state index contributed by atoms with van der Waals surface area (Å²) in [7, 11) is -2.13. The number of aryl methyl sites for hydroxylation is 1. The number of ether oxygens (including phenoxy) is 1. The standard InChI is InChI=1S/C25H24N2O4S/c1-18-10-12-21(13-11-18)32(29,30)24-16-27(23-9-4-3-8-22(23)24)17-25(28)26-15-19-6-5-7-20(14-19)31-2/h3-14,16H,15,17H2,1-2H3,(H,26,28). The van der Waals surface area contributed by atoms with Gasteiger partial charge in [-0.3, -0.25) is 4.79 Å². The lowest BCUT2D eigenvalue weighted by Crippen LogP contribution is -2.26. The van der Waals surface area contributed by atoms with Crippen LogP contribution in [0.4, 0.5) is 0 Å². The van der Waals surface area contributed by atoms with Crippen molar-refractivity contribution in [3.8, 4) is 5.75 Å². The number of fused-ring (bicyclic) bond motifs is 1. The van der Waals surface area contributed by atoms with Gasteiger partial charge in [-0.1, -0.05) is 48.0 Å². The molecule has 0 radical (unpaired) electrons. The molecule has 0 saturated heterocycles. The number of methoxy groups -OCH3 is 1. The molecule has 3 aromatic carbocycles. The van der Waals surface area contributed by atoms with Crippen LogP contribution in [0, 0.1) is 6.92 Å². The Hall–Kier alpha value is -3.58. The van der Waals surface area contributed by atoms with Crippen molar-refractivity contribution in [2.45, 2.75) is 29.8 Å². The molecule has 1 aromatic heterocycles. The largest absolute Gasteiger partial charge is 0.497 e. The van der Waals surface area contributed by atoms with Gasteiger partial charge < -0.3 is 14.6 Å². The van der Waals surface area contributed by atoms with Crippen molar-refractivity contribution in [2.24, 2.45) is 0 Å². The lowest BCUT2D eigenvalue weighted by molar-refractivity contribution is -0.121. The van der Waals surface area contributed by atoms with Gasteiger partial charge in [0, 0.05) is 23.6 Å². The molecule has 32 heavy (non-hydrogen) atoms. The predicted octanol–water partition coefficient (Wildman–Crippen LogP) is 4.11. The van der Waals surface area contributed by atoms with E-state index in [9.17, 15) is 13.2 Å². The molecule has 0 atom stereocenters. The Morgan fingerprint density at radius 1 is 1.00 bits per heavy atom. The second-order valence-electron chi connectivity index (χ2n) is 7.58. The molecule has 0 spiro atoms. The first kappa shape index (κ1) is 21.6. The molecule has 0 saturated carbocycles. The van der Waals surface area contributed by atoms with E-state index in [2.05, 4.69) is 5.32 Å². The topological polar surface area (TPSA) is 77.4 Å². The zero-order valence-electron chi connectivity index (χ0n) is 17.9. The Labute approximate surface area is 187 Å². The minimum absolute atomic E-state index is 0.00784. The lowest BCUT2D eigenvalue weighted by Gasteiger charge is -2.08. The smallest absolute Gasteiger partial charge is 0.240 e. The molecule has 0 aliphatic rings. The monoisotopic (exact) mass is 448 g/mol. The third-order valence-electron chi connectivity index (χ3n) is 5.31. The molecule has 0 unspecified atom stereocenters. The lowest BCUT2D eigenvalue weighted by atomic mass is 10.2. The predicted molar refractivity (Wildman–Crippen MR) is 123 cm³/mol. The molecule has 4 aromatic rings. The number of hydrogen-bond acceptors (Lipinski definition) is 4. The van der Waals surface area contributed by atoms with Crippen molar-refractivity contribution in [1.82, 2.24) is 9.88 Å². The molecule has 1 heterocycles. The number of sulfone groups is 1. The van der Waals surface area contributed by atoms with E-state index >= 15 is 0 Å². The van der Waals surface area contributed by atoms with E-state index in [0.717, 1.165) is 16.9 Å². The van der Waals surface area contributed by atoms with Gasteiger partial charge in [0.1, 0.15) is 12.3 Å². The van der Waals surface area contributed by atoms with Crippen LogP contribution in [-0.4, -0.2) is 26.0 Å². The molecule has 0 bridgehead atoms. The highest BCUT2D eigenvalue weighted by Gasteiger charge is 2.23. The van der Waals surface area contributed by atoms with E-state index in [1.807, 2.05) is 43.3 Å². The van der Waals surface area contributed by atoms with Crippen LogP contribution in [-0.2, 0) is 27.7 Å². The summed E-state index contributed by atoms with van der Waals surface area (Å²) >= 11 is 0. The summed E-state index contributed by atoms with van der Waals surface area (Å²) in [6, 6.07) is 21.4. The fraction of sp³-hybridized carbons (Fsp3) is 0.160. The van der Waals surface area contributed by atoms with Crippen molar-refractivity contribution in [1.29, 1.82) is 0 Å². The highest BCUT2D eigenvalue weighted by Crippen LogP contribution is 2.30. The zero-order valence-corrected chi connectivity index (χ0v) is 18.7. The molecule has 1 amide bonds. The van der Waals surface area contributed by atoms with Gasteiger partial charge in [0.05, 0.1) is 16.9 Å². The second-order valence-corrected chi connectivity index (χ2v) is 9.50. The summed E-state index contributed by atoms with van der Waals surface area (Å²) in [6.07, 6.45) is 1.55. The molecule has 0 aliphatic carbocycles. The number of para-hydroxylation sites is 1. The highest BCUT2D eigenvalue weighted by atomic mass is 32.2. The van der Waals surface area contributed by atoms with Gasteiger partial charge in [0.2, 0.25) is 15.7 Å². The molecule has 0 aliphatic heterocycles. The number of aromatic nitrogens is 1. The van der Waals surface area contributed by atoms with Gasteiger partial charge in [0.15, 0.2) is 0 Å². The third-order valence-corrected chi connectivity index (χ3v) is 7.11. The van der Waals surface area contributed by atoms with Gasteiger partial charge in [-0.2, -0.15) is 0 Å². The highest BCUT2D eigenvalue weighted by molar-refractivity contribution is 7.91. The van der Waals surface area contributed by atoms with Crippen LogP contribution in [0.2, 0.25) is 0 Å². The minimum atomic E-state index is -3.73. The molecule has 6 nitrogen and oxygen atoms in total. The second kappa shape index (κ2) is 8.88. The van der Waals surface area contributed by atoms with Gasteiger partial charge >= 0.3 is 0 Å². The van der Waals surface area contributed by atoms with Crippen LogP contribution < -0.4 is 10.1 Å². The number of nitrogens with one attached hydrogen (secondary N) is 1. The zero-order chi connectivity index (χ0) is 22.7. The van der Waals surface area contributed by atoms with Crippen molar-refractivity contribution in [3.63, 3.8) is 0 Å². The Kier molecular flexibility index (Phi) is 6.01. The average Bonchev–Trinajstić information content (AvgIpc) is 3.17. The normalized spacial score (nSPS) is 11.4. The number of carbonyl (C=O) groups excluding carboxylic acids is 1.